The van der Waals surface area contributed by atoms with E-state index in [1.54, 1.807) is 60.7 Å². The molecule has 2 aliphatic heterocycles. The smallest absolute Gasteiger partial charge is 0.347 e. The molecular weight excluding hydrogens is 488 g/mol. The van der Waals surface area contributed by atoms with Gasteiger partial charge in [0.2, 0.25) is 0 Å². The minimum Gasteiger partial charge on any atom is -0.457 e. The first kappa shape index (κ1) is 22.8. The molecular formula is C30H14O8. The second-order valence-electron chi connectivity index (χ2n) is 8.27. The van der Waals surface area contributed by atoms with E-state index in [0.29, 0.717) is 23.0 Å². The van der Waals surface area contributed by atoms with Gasteiger partial charge in [0.15, 0.2) is 0 Å². The molecule has 2 heterocycles. The lowest BCUT2D eigenvalue weighted by molar-refractivity contribution is 0.0425. The Kier molecular flexibility index (Phi) is 5.44. The number of cyclic esters (lactones) is 4. The van der Waals surface area contributed by atoms with E-state index in [9.17, 15) is 19.2 Å². The molecule has 0 unspecified atom stereocenters. The third-order valence-corrected chi connectivity index (χ3v) is 5.76. The van der Waals surface area contributed by atoms with E-state index in [0.717, 1.165) is 11.1 Å². The number of esters is 4. The van der Waals surface area contributed by atoms with E-state index >= 15 is 0 Å². The summed E-state index contributed by atoms with van der Waals surface area (Å²) in [4.78, 5) is 46.6. The molecule has 0 N–H and O–H groups in total. The Morgan fingerprint density at radius 1 is 0.421 bits per heavy atom. The summed E-state index contributed by atoms with van der Waals surface area (Å²) in [5, 5.41) is 0. The topological polar surface area (TPSA) is 105 Å². The summed E-state index contributed by atoms with van der Waals surface area (Å²) < 4.78 is 20.7. The van der Waals surface area contributed by atoms with Gasteiger partial charge in [-0.3, -0.25) is 0 Å². The monoisotopic (exact) mass is 502 g/mol. The van der Waals surface area contributed by atoms with Crippen molar-refractivity contribution in [3.05, 3.63) is 118 Å². The van der Waals surface area contributed by atoms with E-state index in [1.807, 2.05) is 0 Å². The molecule has 0 saturated carbocycles. The van der Waals surface area contributed by atoms with Gasteiger partial charge in [0.05, 0.1) is 22.3 Å². The Labute approximate surface area is 215 Å². The van der Waals surface area contributed by atoms with Crippen LogP contribution in [0.15, 0.2) is 84.9 Å². The van der Waals surface area contributed by atoms with Gasteiger partial charge < -0.3 is 18.9 Å². The zero-order valence-corrected chi connectivity index (χ0v) is 19.3. The molecule has 0 saturated heterocycles. The highest BCUT2D eigenvalue weighted by atomic mass is 16.6. The van der Waals surface area contributed by atoms with Crippen molar-refractivity contribution in [1.82, 2.24) is 0 Å². The summed E-state index contributed by atoms with van der Waals surface area (Å²) in [6.45, 7) is 0. The first-order valence-corrected chi connectivity index (χ1v) is 11.3. The largest absolute Gasteiger partial charge is 0.457 e. The van der Waals surface area contributed by atoms with Gasteiger partial charge in [-0.25, -0.2) is 19.2 Å². The fourth-order valence-electron chi connectivity index (χ4n) is 3.88. The lowest BCUT2D eigenvalue weighted by Gasteiger charge is -2.06. The summed E-state index contributed by atoms with van der Waals surface area (Å²) in [6.07, 6.45) is 0. The molecule has 4 aromatic rings. The highest BCUT2D eigenvalue weighted by Gasteiger charge is 2.30. The highest BCUT2D eigenvalue weighted by Crippen LogP contribution is 2.29. The van der Waals surface area contributed by atoms with E-state index in [4.69, 9.17) is 9.47 Å². The lowest BCUT2D eigenvalue weighted by atomic mass is 10.1. The average Bonchev–Trinajstić information content (AvgIpc) is 3.37. The fourth-order valence-corrected chi connectivity index (χ4v) is 3.88. The summed E-state index contributed by atoms with van der Waals surface area (Å²) in [5.74, 6) is 5.35. The number of benzene rings is 4. The molecule has 8 heteroatoms. The van der Waals surface area contributed by atoms with E-state index in [-0.39, 0.29) is 22.3 Å². The van der Waals surface area contributed by atoms with Gasteiger partial charge in [0, 0.05) is 11.1 Å². The third-order valence-electron chi connectivity index (χ3n) is 5.76. The van der Waals surface area contributed by atoms with Crippen LogP contribution in [0, 0.1) is 11.8 Å². The van der Waals surface area contributed by atoms with E-state index in [2.05, 4.69) is 21.3 Å². The Hall–Kier alpha value is -5.68. The van der Waals surface area contributed by atoms with Crippen LogP contribution >= 0.6 is 0 Å². The van der Waals surface area contributed by atoms with Crippen molar-refractivity contribution >= 4 is 23.9 Å². The molecule has 0 fully saturated rings. The van der Waals surface area contributed by atoms with Crippen molar-refractivity contribution in [2.45, 2.75) is 0 Å². The number of hydrogen-bond acceptors (Lipinski definition) is 8. The molecule has 0 atom stereocenters. The van der Waals surface area contributed by atoms with Gasteiger partial charge in [-0.15, -0.1) is 0 Å². The number of fused-ring (bicyclic) bond motifs is 2. The molecule has 8 nitrogen and oxygen atoms in total. The second-order valence-corrected chi connectivity index (χ2v) is 8.27. The summed E-state index contributed by atoms with van der Waals surface area (Å²) in [6, 6.07) is 23.3. The average molecular weight is 502 g/mol. The predicted molar refractivity (Wildman–Crippen MR) is 131 cm³/mol. The Morgan fingerprint density at radius 2 is 0.763 bits per heavy atom. The normalized spacial score (nSPS) is 13.2. The van der Waals surface area contributed by atoms with Gasteiger partial charge >= 0.3 is 23.9 Å². The summed E-state index contributed by atoms with van der Waals surface area (Å²) >= 11 is 0. The van der Waals surface area contributed by atoms with Crippen LogP contribution in [0.2, 0.25) is 0 Å². The molecule has 0 amide bonds. The Balaban J connectivity index is 1.10. The molecule has 0 aliphatic carbocycles. The quantitative estimate of drug-likeness (QED) is 0.211. The minimum atomic E-state index is -0.687. The number of rotatable bonds is 4. The van der Waals surface area contributed by atoms with Crippen LogP contribution in [0.3, 0.4) is 0 Å². The Morgan fingerprint density at radius 3 is 1.16 bits per heavy atom. The number of hydrogen-bond donors (Lipinski definition) is 0. The zero-order chi connectivity index (χ0) is 26.2. The van der Waals surface area contributed by atoms with E-state index < -0.39 is 23.9 Å². The molecule has 0 radical (unpaired) electrons. The van der Waals surface area contributed by atoms with Crippen LogP contribution in [-0.4, -0.2) is 23.9 Å². The predicted octanol–water partition coefficient (Wildman–Crippen LogP) is 5.29. The van der Waals surface area contributed by atoms with Crippen LogP contribution in [0.5, 0.6) is 23.0 Å². The third kappa shape index (κ3) is 4.36. The molecule has 38 heavy (non-hydrogen) atoms. The molecule has 0 spiro atoms. The number of carbonyl (C=O) groups excluding carboxylic acids is 4. The van der Waals surface area contributed by atoms with Crippen molar-refractivity contribution in [2.24, 2.45) is 0 Å². The molecule has 6 rings (SSSR count). The first-order chi connectivity index (χ1) is 18.4. The van der Waals surface area contributed by atoms with Crippen LogP contribution in [-0.2, 0) is 9.47 Å². The maximum Gasteiger partial charge on any atom is 0.347 e. The van der Waals surface area contributed by atoms with E-state index in [1.165, 1.54) is 24.3 Å². The zero-order valence-electron chi connectivity index (χ0n) is 19.3. The summed E-state index contributed by atoms with van der Waals surface area (Å²) in [5.41, 5.74) is 2.33. The highest BCUT2D eigenvalue weighted by molar-refractivity contribution is 6.15. The van der Waals surface area contributed by atoms with Crippen molar-refractivity contribution in [1.29, 1.82) is 0 Å². The van der Waals surface area contributed by atoms with Gasteiger partial charge in [-0.1, -0.05) is 11.8 Å². The van der Waals surface area contributed by atoms with Crippen LogP contribution in [0.25, 0.3) is 0 Å². The number of carbonyl (C=O) groups is 4. The van der Waals surface area contributed by atoms with Gasteiger partial charge in [0.25, 0.3) is 0 Å². The molecule has 182 valence electrons. The molecule has 0 bridgehead atoms. The van der Waals surface area contributed by atoms with Crippen molar-refractivity contribution in [2.75, 3.05) is 0 Å². The van der Waals surface area contributed by atoms with Crippen LogP contribution in [0.4, 0.5) is 0 Å². The maximum absolute atomic E-state index is 11.7. The molecule has 4 aromatic carbocycles. The minimum absolute atomic E-state index is 0.180. The van der Waals surface area contributed by atoms with Gasteiger partial charge in [-0.2, -0.15) is 0 Å². The SMILES string of the molecule is O=C1OC(=O)c2cc(Oc3ccc(C#Cc4ccc(Oc5ccc6c(c5)C(=O)OC6=O)cc4)cc3)ccc21. The van der Waals surface area contributed by atoms with Crippen molar-refractivity contribution in [3.8, 4) is 34.8 Å². The molecule has 2 aliphatic rings. The standard InChI is InChI=1S/C30H14O8/c31-27-23-13-11-21(15-25(23)29(33)37-27)35-19-7-3-17(4-8-19)1-2-18-5-9-20(10-6-18)36-22-12-14-24-26(16-22)30(34)38-28(24)32/h3-16H. The fraction of sp³-hybridized carbons (Fsp3) is 0. The van der Waals surface area contributed by atoms with Gasteiger partial charge in [-0.05, 0) is 84.9 Å². The van der Waals surface area contributed by atoms with Crippen molar-refractivity contribution < 1.29 is 38.1 Å². The first-order valence-electron chi connectivity index (χ1n) is 11.3. The van der Waals surface area contributed by atoms with Crippen LogP contribution < -0.4 is 9.47 Å². The van der Waals surface area contributed by atoms with Crippen LogP contribution in [0.1, 0.15) is 52.6 Å². The maximum atomic E-state index is 11.7. The second kappa shape index (κ2) is 9.08. The van der Waals surface area contributed by atoms with Gasteiger partial charge in [0.1, 0.15) is 23.0 Å². The van der Waals surface area contributed by atoms with Crippen molar-refractivity contribution in [3.63, 3.8) is 0 Å². The lowest BCUT2D eigenvalue weighted by Crippen LogP contribution is -1.96. The summed E-state index contributed by atoms with van der Waals surface area (Å²) in [7, 11) is 0. The molecule has 0 aromatic heterocycles. The Bertz CT molecular complexity index is 1590. The number of ether oxygens (including phenoxy) is 4.